The van der Waals surface area contributed by atoms with Crippen molar-refractivity contribution < 1.29 is 0 Å². The van der Waals surface area contributed by atoms with Gasteiger partial charge >= 0.3 is 0 Å². The summed E-state index contributed by atoms with van der Waals surface area (Å²) in [6.07, 6.45) is 0. The second-order valence-electron chi connectivity index (χ2n) is 4.47. The van der Waals surface area contributed by atoms with E-state index in [1.165, 1.54) is 0 Å². The van der Waals surface area contributed by atoms with Crippen molar-refractivity contribution in [3.05, 3.63) is 5.51 Å². The molecule has 0 aliphatic carbocycles. The summed E-state index contributed by atoms with van der Waals surface area (Å²) in [4.78, 5) is 0. The summed E-state index contributed by atoms with van der Waals surface area (Å²) >= 11 is 3.30. The highest BCUT2D eigenvalue weighted by Gasteiger charge is 2.29. The molecule has 0 bridgehead atoms. The third-order valence-electron chi connectivity index (χ3n) is 1.90. The van der Waals surface area contributed by atoms with E-state index in [0.29, 0.717) is 5.25 Å². The molecule has 0 saturated carbocycles. The minimum atomic E-state index is 0.156. The van der Waals surface area contributed by atoms with Crippen LogP contribution in [0.2, 0.25) is 0 Å². The number of aromatic nitrogens is 2. The van der Waals surface area contributed by atoms with Crippen LogP contribution < -0.4 is 5.73 Å². The molecule has 0 aliphatic heterocycles. The smallest absolute Gasteiger partial charge is 0.174 e. The zero-order valence-corrected chi connectivity index (χ0v) is 10.7. The van der Waals surface area contributed by atoms with Crippen molar-refractivity contribution in [2.45, 2.75) is 43.3 Å². The number of nitrogens with two attached hydrogens (primary N) is 1. The SMILES string of the molecule is CC(N)C(Sc1nncs1)C(C)(C)C. The molecule has 14 heavy (non-hydrogen) atoms. The number of rotatable bonds is 3. The molecule has 3 nitrogen and oxygen atoms in total. The van der Waals surface area contributed by atoms with E-state index in [1.54, 1.807) is 28.6 Å². The van der Waals surface area contributed by atoms with Crippen molar-refractivity contribution in [3.63, 3.8) is 0 Å². The van der Waals surface area contributed by atoms with Crippen LogP contribution in [0.5, 0.6) is 0 Å². The van der Waals surface area contributed by atoms with Gasteiger partial charge in [-0.2, -0.15) is 0 Å². The summed E-state index contributed by atoms with van der Waals surface area (Å²) in [5.74, 6) is 0. The number of thioether (sulfide) groups is 1. The summed E-state index contributed by atoms with van der Waals surface area (Å²) in [7, 11) is 0. The predicted octanol–water partition coefficient (Wildman–Crippen LogP) is 2.39. The summed E-state index contributed by atoms with van der Waals surface area (Å²) in [5, 5.41) is 8.22. The zero-order chi connectivity index (χ0) is 10.8. The van der Waals surface area contributed by atoms with E-state index in [-0.39, 0.29) is 11.5 Å². The Balaban J connectivity index is 2.71. The highest BCUT2D eigenvalue weighted by molar-refractivity contribution is 8.01. The van der Waals surface area contributed by atoms with Crippen LogP contribution in [-0.2, 0) is 0 Å². The maximum absolute atomic E-state index is 5.97. The molecule has 0 spiro atoms. The monoisotopic (exact) mass is 231 g/mol. The third kappa shape index (κ3) is 3.22. The van der Waals surface area contributed by atoms with Crippen LogP contribution in [0, 0.1) is 5.41 Å². The van der Waals surface area contributed by atoms with Crippen LogP contribution in [0.25, 0.3) is 0 Å². The van der Waals surface area contributed by atoms with Gasteiger partial charge in [0, 0.05) is 11.3 Å². The fourth-order valence-electron chi connectivity index (χ4n) is 1.40. The van der Waals surface area contributed by atoms with E-state index < -0.39 is 0 Å². The van der Waals surface area contributed by atoms with Gasteiger partial charge in [0.2, 0.25) is 0 Å². The fraction of sp³-hybridized carbons (Fsp3) is 0.778. The maximum atomic E-state index is 5.97. The molecule has 0 saturated heterocycles. The Morgan fingerprint density at radius 1 is 1.50 bits per heavy atom. The zero-order valence-electron chi connectivity index (χ0n) is 9.02. The van der Waals surface area contributed by atoms with Crippen molar-refractivity contribution in [2.24, 2.45) is 11.1 Å². The first-order chi connectivity index (χ1) is 6.41. The minimum Gasteiger partial charge on any atom is -0.327 e. The summed E-state index contributed by atoms with van der Waals surface area (Å²) in [6, 6.07) is 0.156. The Labute approximate surface area is 93.5 Å². The van der Waals surface area contributed by atoms with Gasteiger partial charge in [0.15, 0.2) is 4.34 Å². The van der Waals surface area contributed by atoms with E-state index in [9.17, 15) is 0 Å². The van der Waals surface area contributed by atoms with Crippen LogP contribution in [0.15, 0.2) is 9.85 Å². The predicted molar refractivity (Wildman–Crippen MR) is 62.7 cm³/mol. The highest BCUT2D eigenvalue weighted by Crippen LogP contribution is 2.37. The molecule has 2 atom stereocenters. The quantitative estimate of drug-likeness (QED) is 0.812. The molecule has 5 heteroatoms. The molecule has 1 rings (SSSR count). The molecule has 0 aliphatic rings. The van der Waals surface area contributed by atoms with Gasteiger partial charge in [0.25, 0.3) is 0 Å². The Morgan fingerprint density at radius 2 is 2.14 bits per heavy atom. The Bertz CT molecular complexity index is 264. The van der Waals surface area contributed by atoms with E-state index in [2.05, 4.69) is 31.0 Å². The molecule has 2 unspecified atom stereocenters. The van der Waals surface area contributed by atoms with Gasteiger partial charge in [-0.25, -0.2) is 0 Å². The van der Waals surface area contributed by atoms with Crippen molar-refractivity contribution in [1.82, 2.24) is 10.2 Å². The molecule has 2 N–H and O–H groups in total. The standard InChI is InChI=1S/C9H17N3S2/c1-6(10)7(9(2,3)4)14-8-12-11-5-13-8/h5-7H,10H2,1-4H3. The summed E-state index contributed by atoms with van der Waals surface area (Å²) in [6.45, 7) is 8.66. The second-order valence-corrected chi connectivity index (χ2v) is 6.69. The molecule has 80 valence electrons. The van der Waals surface area contributed by atoms with E-state index >= 15 is 0 Å². The molecule has 0 aromatic carbocycles. The summed E-state index contributed by atoms with van der Waals surface area (Å²) in [5.41, 5.74) is 7.91. The van der Waals surface area contributed by atoms with Gasteiger partial charge in [0.1, 0.15) is 5.51 Å². The summed E-state index contributed by atoms with van der Waals surface area (Å²) < 4.78 is 1.00. The van der Waals surface area contributed by atoms with Crippen molar-refractivity contribution in [1.29, 1.82) is 0 Å². The molecular formula is C9H17N3S2. The van der Waals surface area contributed by atoms with Crippen molar-refractivity contribution in [3.8, 4) is 0 Å². The van der Waals surface area contributed by atoms with E-state index in [1.807, 2.05) is 6.92 Å². The van der Waals surface area contributed by atoms with Gasteiger partial charge in [-0.1, -0.05) is 43.9 Å². The topological polar surface area (TPSA) is 51.8 Å². The van der Waals surface area contributed by atoms with Crippen molar-refractivity contribution in [2.75, 3.05) is 0 Å². The number of hydrogen-bond donors (Lipinski definition) is 1. The maximum Gasteiger partial charge on any atom is 0.174 e. The second kappa shape index (κ2) is 4.59. The van der Waals surface area contributed by atoms with Gasteiger partial charge in [-0.05, 0) is 12.3 Å². The van der Waals surface area contributed by atoms with Gasteiger partial charge < -0.3 is 5.73 Å². The molecule has 1 aromatic rings. The first-order valence-electron chi connectivity index (χ1n) is 4.59. The normalized spacial score (nSPS) is 16.6. The lowest BCUT2D eigenvalue weighted by molar-refractivity contribution is 0.363. The Kier molecular flexibility index (Phi) is 3.92. The lowest BCUT2D eigenvalue weighted by Gasteiger charge is -2.32. The average molecular weight is 231 g/mol. The van der Waals surface area contributed by atoms with Crippen LogP contribution in [0.1, 0.15) is 27.7 Å². The molecular weight excluding hydrogens is 214 g/mol. The van der Waals surface area contributed by atoms with Crippen LogP contribution in [-0.4, -0.2) is 21.5 Å². The molecule has 0 radical (unpaired) electrons. The first-order valence-corrected chi connectivity index (χ1v) is 6.35. The highest BCUT2D eigenvalue weighted by atomic mass is 32.2. The molecule has 1 aromatic heterocycles. The largest absolute Gasteiger partial charge is 0.327 e. The fourth-order valence-corrected chi connectivity index (χ4v) is 3.22. The molecule has 1 heterocycles. The van der Waals surface area contributed by atoms with Crippen LogP contribution in [0.3, 0.4) is 0 Å². The van der Waals surface area contributed by atoms with Crippen molar-refractivity contribution >= 4 is 23.1 Å². The van der Waals surface area contributed by atoms with E-state index in [4.69, 9.17) is 5.73 Å². The molecule has 0 fully saturated rings. The minimum absolute atomic E-state index is 0.156. The average Bonchev–Trinajstić information content (AvgIpc) is 2.48. The van der Waals surface area contributed by atoms with Gasteiger partial charge in [-0.3, -0.25) is 0 Å². The lowest BCUT2D eigenvalue weighted by Crippen LogP contribution is -2.38. The van der Waals surface area contributed by atoms with Crippen LogP contribution in [0.4, 0.5) is 0 Å². The van der Waals surface area contributed by atoms with Crippen LogP contribution >= 0.6 is 23.1 Å². The number of nitrogens with zero attached hydrogens (tertiary/aromatic N) is 2. The Hall–Kier alpha value is -0.130. The Morgan fingerprint density at radius 3 is 2.50 bits per heavy atom. The molecule has 0 amide bonds. The van der Waals surface area contributed by atoms with Gasteiger partial charge in [-0.15, -0.1) is 10.2 Å². The van der Waals surface area contributed by atoms with E-state index in [0.717, 1.165) is 4.34 Å². The third-order valence-corrected chi connectivity index (χ3v) is 4.63. The first kappa shape index (κ1) is 11.9. The lowest BCUT2D eigenvalue weighted by atomic mass is 9.88. The van der Waals surface area contributed by atoms with Gasteiger partial charge in [0.05, 0.1) is 0 Å². The number of hydrogen-bond acceptors (Lipinski definition) is 5.